The zero-order valence-corrected chi connectivity index (χ0v) is 13.5. The summed E-state index contributed by atoms with van der Waals surface area (Å²) >= 11 is 3.12. The number of nitrogens with one attached hydrogen (secondary N) is 1. The number of nitro benzene ring substituents is 1. The third kappa shape index (κ3) is 4.49. The Morgan fingerprint density at radius 2 is 2.09 bits per heavy atom. The molecule has 2 aromatic carbocycles. The van der Waals surface area contributed by atoms with Crippen molar-refractivity contribution < 1.29 is 18.8 Å². The van der Waals surface area contributed by atoms with Crippen LogP contribution in [-0.2, 0) is 4.79 Å². The van der Waals surface area contributed by atoms with Crippen molar-refractivity contribution in [1.29, 1.82) is 0 Å². The van der Waals surface area contributed by atoms with Gasteiger partial charge in [0, 0.05) is 10.5 Å². The van der Waals surface area contributed by atoms with Crippen LogP contribution < -0.4 is 10.1 Å². The van der Waals surface area contributed by atoms with Crippen LogP contribution in [0.4, 0.5) is 15.8 Å². The standard InChI is InChI=1S/C15H12BrFN2O4/c1-9(23-12-4-2-3-11(8-12)19(21)22)15(20)18-14-6-5-10(16)7-13(14)17/h2-9H,1H3,(H,18,20)/t9-/m1/s1. The molecule has 8 heteroatoms. The van der Waals surface area contributed by atoms with Crippen LogP contribution in [0.1, 0.15) is 6.92 Å². The van der Waals surface area contributed by atoms with Gasteiger partial charge in [0.2, 0.25) is 0 Å². The number of hydrogen-bond acceptors (Lipinski definition) is 4. The van der Waals surface area contributed by atoms with Gasteiger partial charge in [-0.05, 0) is 31.2 Å². The minimum Gasteiger partial charge on any atom is -0.481 e. The molecule has 0 bridgehead atoms. The zero-order valence-electron chi connectivity index (χ0n) is 12.0. The van der Waals surface area contributed by atoms with E-state index in [1.54, 1.807) is 6.07 Å². The van der Waals surface area contributed by atoms with E-state index in [4.69, 9.17) is 4.74 Å². The Morgan fingerprint density at radius 1 is 1.35 bits per heavy atom. The van der Waals surface area contributed by atoms with Crippen molar-refractivity contribution in [2.75, 3.05) is 5.32 Å². The van der Waals surface area contributed by atoms with E-state index in [-0.39, 0.29) is 17.1 Å². The first-order chi connectivity index (χ1) is 10.9. The van der Waals surface area contributed by atoms with E-state index in [0.29, 0.717) is 4.47 Å². The summed E-state index contributed by atoms with van der Waals surface area (Å²) in [6.07, 6.45) is -0.958. The average molecular weight is 383 g/mol. The van der Waals surface area contributed by atoms with E-state index in [0.717, 1.165) is 0 Å². The lowest BCUT2D eigenvalue weighted by molar-refractivity contribution is -0.384. The molecule has 0 spiro atoms. The van der Waals surface area contributed by atoms with Gasteiger partial charge in [-0.25, -0.2) is 4.39 Å². The Balaban J connectivity index is 2.05. The predicted molar refractivity (Wildman–Crippen MR) is 85.9 cm³/mol. The van der Waals surface area contributed by atoms with Gasteiger partial charge in [0.05, 0.1) is 16.7 Å². The van der Waals surface area contributed by atoms with Gasteiger partial charge in [0.25, 0.3) is 11.6 Å². The number of ether oxygens (including phenoxy) is 1. The lowest BCUT2D eigenvalue weighted by atomic mass is 10.2. The van der Waals surface area contributed by atoms with Crippen molar-refractivity contribution in [3.8, 4) is 5.75 Å². The van der Waals surface area contributed by atoms with Crippen LogP contribution >= 0.6 is 15.9 Å². The maximum atomic E-state index is 13.7. The molecule has 0 unspecified atom stereocenters. The van der Waals surface area contributed by atoms with Gasteiger partial charge in [-0.15, -0.1) is 0 Å². The lowest BCUT2D eigenvalue weighted by Gasteiger charge is -2.15. The molecule has 0 fully saturated rings. The number of carbonyl (C=O) groups is 1. The Labute approximate surface area is 139 Å². The Bertz CT molecular complexity index is 754. The number of carbonyl (C=O) groups excluding carboxylic acids is 1. The van der Waals surface area contributed by atoms with Crippen molar-refractivity contribution in [3.05, 3.63) is 62.9 Å². The van der Waals surface area contributed by atoms with E-state index in [2.05, 4.69) is 21.2 Å². The first-order valence-corrected chi connectivity index (χ1v) is 7.33. The Morgan fingerprint density at radius 3 is 2.74 bits per heavy atom. The number of nitrogens with zero attached hydrogens (tertiary/aromatic N) is 1. The monoisotopic (exact) mass is 382 g/mol. The number of non-ortho nitro benzene ring substituents is 1. The smallest absolute Gasteiger partial charge is 0.273 e. The number of rotatable bonds is 5. The first kappa shape index (κ1) is 16.9. The van der Waals surface area contributed by atoms with E-state index in [1.807, 2.05) is 0 Å². The van der Waals surface area contributed by atoms with Crippen LogP contribution in [0.3, 0.4) is 0 Å². The van der Waals surface area contributed by atoms with Gasteiger partial charge in [0.1, 0.15) is 11.6 Å². The van der Waals surface area contributed by atoms with Gasteiger partial charge in [-0.3, -0.25) is 14.9 Å². The number of hydrogen-bond donors (Lipinski definition) is 1. The number of anilines is 1. The lowest BCUT2D eigenvalue weighted by Crippen LogP contribution is -2.30. The fourth-order valence-corrected chi connectivity index (χ4v) is 2.09. The molecule has 2 aromatic rings. The highest BCUT2D eigenvalue weighted by Crippen LogP contribution is 2.22. The Hall–Kier alpha value is -2.48. The van der Waals surface area contributed by atoms with Crippen LogP contribution in [0.25, 0.3) is 0 Å². The molecule has 0 saturated carbocycles. The molecular formula is C15H12BrFN2O4. The maximum Gasteiger partial charge on any atom is 0.273 e. The quantitative estimate of drug-likeness (QED) is 0.627. The van der Waals surface area contributed by atoms with E-state index < -0.39 is 22.8 Å². The summed E-state index contributed by atoms with van der Waals surface area (Å²) in [5.74, 6) is -0.980. The van der Waals surface area contributed by atoms with Crippen molar-refractivity contribution in [1.82, 2.24) is 0 Å². The first-order valence-electron chi connectivity index (χ1n) is 6.54. The fraction of sp³-hybridized carbons (Fsp3) is 0.133. The molecule has 1 atom stereocenters. The molecule has 23 heavy (non-hydrogen) atoms. The molecule has 0 aliphatic heterocycles. The molecule has 0 aliphatic rings. The Kier molecular flexibility index (Phi) is 5.28. The summed E-state index contributed by atoms with van der Waals surface area (Å²) in [6.45, 7) is 1.46. The zero-order chi connectivity index (χ0) is 17.0. The fourth-order valence-electron chi connectivity index (χ4n) is 1.75. The van der Waals surface area contributed by atoms with Gasteiger partial charge in [0.15, 0.2) is 6.10 Å². The molecular weight excluding hydrogens is 371 g/mol. The molecule has 0 aliphatic carbocycles. The number of amides is 1. The van der Waals surface area contributed by atoms with E-state index in [9.17, 15) is 19.3 Å². The van der Waals surface area contributed by atoms with Crippen molar-refractivity contribution >= 4 is 33.2 Å². The molecule has 0 radical (unpaired) electrons. The van der Waals surface area contributed by atoms with Crippen molar-refractivity contribution in [2.45, 2.75) is 13.0 Å². The van der Waals surface area contributed by atoms with Crippen LogP contribution in [0.5, 0.6) is 5.75 Å². The average Bonchev–Trinajstić information content (AvgIpc) is 2.50. The minimum absolute atomic E-state index is 0.0210. The highest BCUT2D eigenvalue weighted by Gasteiger charge is 2.17. The number of nitro groups is 1. The maximum absolute atomic E-state index is 13.7. The second kappa shape index (κ2) is 7.19. The van der Waals surface area contributed by atoms with E-state index >= 15 is 0 Å². The number of benzene rings is 2. The third-order valence-corrected chi connectivity index (χ3v) is 3.39. The summed E-state index contributed by atoms with van der Waals surface area (Å²) in [7, 11) is 0. The van der Waals surface area contributed by atoms with Crippen LogP contribution in [0, 0.1) is 15.9 Å². The molecule has 6 nitrogen and oxygen atoms in total. The van der Waals surface area contributed by atoms with Gasteiger partial charge >= 0.3 is 0 Å². The second-order valence-electron chi connectivity index (χ2n) is 4.63. The molecule has 0 aromatic heterocycles. The summed E-state index contributed by atoms with van der Waals surface area (Å²) < 4.78 is 19.6. The highest BCUT2D eigenvalue weighted by molar-refractivity contribution is 9.10. The SMILES string of the molecule is C[C@@H](Oc1cccc([N+](=O)[O-])c1)C(=O)Nc1ccc(Br)cc1F. The molecule has 0 saturated heterocycles. The predicted octanol–water partition coefficient (Wildman–Crippen LogP) is 3.90. The van der Waals surface area contributed by atoms with Gasteiger partial charge < -0.3 is 10.1 Å². The molecule has 2 rings (SSSR count). The third-order valence-electron chi connectivity index (χ3n) is 2.90. The molecule has 0 heterocycles. The summed E-state index contributed by atoms with van der Waals surface area (Å²) in [5.41, 5.74) is -0.123. The van der Waals surface area contributed by atoms with Crippen molar-refractivity contribution in [3.63, 3.8) is 0 Å². The van der Waals surface area contributed by atoms with E-state index in [1.165, 1.54) is 43.3 Å². The normalized spacial score (nSPS) is 11.6. The van der Waals surface area contributed by atoms with Crippen molar-refractivity contribution in [2.24, 2.45) is 0 Å². The second-order valence-corrected chi connectivity index (χ2v) is 5.54. The van der Waals surface area contributed by atoms with Gasteiger partial charge in [-0.1, -0.05) is 22.0 Å². The molecule has 1 N–H and O–H groups in total. The highest BCUT2D eigenvalue weighted by atomic mass is 79.9. The molecule has 1 amide bonds. The topological polar surface area (TPSA) is 81.5 Å². The summed E-state index contributed by atoms with van der Waals surface area (Å²) in [6, 6.07) is 9.70. The van der Waals surface area contributed by atoms with Crippen LogP contribution in [-0.4, -0.2) is 16.9 Å². The summed E-state index contributed by atoms with van der Waals surface area (Å²) in [4.78, 5) is 22.2. The number of halogens is 2. The van der Waals surface area contributed by atoms with Gasteiger partial charge in [-0.2, -0.15) is 0 Å². The minimum atomic E-state index is -0.958. The largest absolute Gasteiger partial charge is 0.481 e. The van der Waals surface area contributed by atoms with Crippen LogP contribution in [0.2, 0.25) is 0 Å². The summed E-state index contributed by atoms with van der Waals surface area (Å²) in [5, 5.41) is 13.1. The van der Waals surface area contributed by atoms with Crippen LogP contribution in [0.15, 0.2) is 46.9 Å². The molecule has 120 valence electrons.